The van der Waals surface area contributed by atoms with E-state index in [9.17, 15) is 27.7 Å². The summed E-state index contributed by atoms with van der Waals surface area (Å²) in [7, 11) is -4.43. The molecule has 0 N–H and O–H groups in total. The monoisotopic (exact) mass is 368 g/mol. The average Bonchev–Trinajstić information content (AvgIpc) is 2.81. The van der Waals surface area contributed by atoms with Crippen molar-refractivity contribution in [3.63, 3.8) is 0 Å². The molecule has 0 spiro atoms. The first-order valence-electron chi connectivity index (χ1n) is 7.26. The van der Waals surface area contributed by atoms with E-state index in [1.54, 1.807) is 13.0 Å². The van der Waals surface area contributed by atoms with Crippen LogP contribution in [0, 0.1) is 11.3 Å². The highest BCUT2D eigenvalue weighted by atomic mass is 32.2. The number of nitrogens with zero attached hydrogens (tertiary/aromatic N) is 2. The summed E-state index contributed by atoms with van der Waals surface area (Å²) in [5, 5.41) is 9.56. The number of rotatable bonds is 3. The van der Waals surface area contributed by atoms with Gasteiger partial charge in [0.1, 0.15) is 17.7 Å². The first-order chi connectivity index (χ1) is 11.3. The van der Waals surface area contributed by atoms with Crippen LogP contribution in [0.3, 0.4) is 0 Å². The number of benzene rings is 1. The van der Waals surface area contributed by atoms with Crippen molar-refractivity contribution in [3.8, 4) is 6.07 Å². The van der Waals surface area contributed by atoms with Gasteiger partial charge >= 0.3 is 0 Å². The topological polar surface area (TPSA) is 105 Å². The molecule has 0 saturated heterocycles. The Morgan fingerprint density at radius 3 is 2.60 bits per heavy atom. The standard InChI is InChI=1S/C15H13FN2O5S.CH4/c1-2-4-11-15(7-16,8-17)18-13(19)9-5-3-6-10(12(9)14(18)20)24(21,22)23-11;/h3,5-6,11H,2,4,7H2,1H3;1H4. The van der Waals surface area contributed by atoms with Crippen LogP contribution in [0.25, 0.3) is 0 Å². The van der Waals surface area contributed by atoms with Gasteiger partial charge in [0.05, 0.1) is 17.2 Å². The normalized spacial score (nSPS) is 26.4. The molecule has 25 heavy (non-hydrogen) atoms. The highest BCUT2D eigenvalue weighted by molar-refractivity contribution is 7.86. The minimum absolute atomic E-state index is 0. The molecule has 3 rings (SSSR count). The molecule has 9 heteroatoms. The van der Waals surface area contributed by atoms with Crippen LogP contribution in [0.2, 0.25) is 0 Å². The third-order valence-corrected chi connectivity index (χ3v) is 5.63. The quantitative estimate of drug-likeness (QED) is 0.597. The van der Waals surface area contributed by atoms with Crippen LogP contribution >= 0.6 is 0 Å². The summed E-state index contributed by atoms with van der Waals surface area (Å²) in [5.74, 6) is -1.88. The number of fused-ring (bicyclic) bond motifs is 1. The number of carbonyl (C=O) groups excluding carboxylic acids is 2. The zero-order valence-corrected chi connectivity index (χ0v) is 13.5. The van der Waals surface area contributed by atoms with Gasteiger partial charge in [0.25, 0.3) is 21.9 Å². The first kappa shape index (κ1) is 19.0. The first-order valence-corrected chi connectivity index (χ1v) is 8.67. The third kappa shape index (κ3) is 2.36. The summed E-state index contributed by atoms with van der Waals surface area (Å²) in [5.41, 5.74) is -2.87. The van der Waals surface area contributed by atoms with Gasteiger partial charge in [-0.15, -0.1) is 0 Å². The van der Waals surface area contributed by atoms with Gasteiger partial charge in [-0.2, -0.15) is 13.7 Å². The van der Waals surface area contributed by atoms with Crippen LogP contribution in [-0.4, -0.2) is 43.4 Å². The molecule has 134 valence electrons. The van der Waals surface area contributed by atoms with Gasteiger partial charge in [0.2, 0.25) is 0 Å². The Labute approximate surface area is 145 Å². The Kier molecular flexibility index (Phi) is 4.72. The van der Waals surface area contributed by atoms with Crippen LogP contribution in [0.15, 0.2) is 23.1 Å². The minimum atomic E-state index is -4.43. The van der Waals surface area contributed by atoms with Gasteiger partial charge in [-0.25, -0.2) is 9.29 Å². The van der Waals surface area contributed by atoms with Crippen molar-refractivity contribution in [3.05, 3.63) is 29.3 Å². The fourth-order valence-corrected chi connectivity index (χ4v) is 4.46. The second-order valence-corrected chi connectivity index (χ2v) is 7.16. The zero-order valence-electron chi connectivity index (χ0n) is 12.7. The smallest absolute Gasteiger partial charge is 0.269 e. The molecular weight excluding hydrogens is 351 g/mol. The van der Waals surface area contributed by atoms with Crippen LogP contribution < -0.4 is 0 Å². The van der Waals surface area contributed by atoms with Gasteiger partial charge in [-0.3, -0.25) is 13.8 Å². The van der Waals surface area contributed by atoms with E-state index in [0.29, 0.717) is 11.3 Å². The molecule has 1 aromatic rings. The lowest BCUT2D eigenvalue weighted by Gasteiger charge is -2.38. The van der Waals surface area contributed by atoms with E-state index in [4.69, 9.17) is 4.18 Å². The van der Waals surface area contributed by atoms with Gasteiger partial charge in [-0.1, -0.05) is 26.8 Å². The second-order valence-electron chi connectivity index (χ2n) is 5.62. The summed E-state index contributed by atoms with van der Waals surface area (Å²) >= 11 is 0. The molecule has 2 atom stereocenters. The predicted octanol–water partition coefficient (Wildman–Crippen LogP) is 2.04. The van der Waals surface area contributed by atoms with E-state index in [0.717, 1.165) is 6.07 Å². The Morgan fingerprint density at radius 1 is 1.36 bits per heavy atom. The SMILES string of the molecule is C.CCCC1OS(=O)(=O)c2cccc3c2C(=O)N(C3=O)C1(C#N)CF. The fraction of sp³-hybridized carbons (Fsp3) is 0.438. The predicted molar refractivity (Wildman–Crippen MR) is 85.0 cm³/mol. The molecule has 1 aromatic carbocycles. The van der Waals surface area contributed by atoms with E-state index < -0.39 is 45.1 Å². The lowest BCUT2D eigenvalue weighted by Crippen LogP contribution is -2.61. The molecule has 2 heterocycles. The number of imide groups is 1. The Morgan fingerprint density at radius 2 is 2.04 bits per heavy atom. The molecule has 2 unspecified atom stereocenters. The van der Waals surface area contributed by atoms with Crippen molar-refractivity contribution in [2.24, 2.45) is 0 Å². The van der Waals surface area contributed by atoms with Crippen LogP contribution in [0.5, 0.6) is 0 Å². The summed E-state index contributed by atoms with van der Waals surface area (Å²) in [6.45, 7) is 0.263. The number of alkyl halides is 1. The number of hydrogen-bond acceptors (Lipinski definition) is 6. The van der Waals surface area contributed by atoms with Crippen LogP contribution in [0.4, 0.5) is 4.39 Å². The Hall–Kier alpha value is -2.31. The molecule has 0 aromatic heterocycles. The molecule has 7 nitrogen and oxygen atoms in total. The maximum absolute atomic E-state index is 13.9. The number of nitriles is 1. The maximum atomic E-state index is 13.9. The second kappa shape index (κ2) is 6.20. The Bertz CT molecular complexity index is 892. The number of halogens is 1. The van der Waals surface area contributed by atoms with Crippen molar-refractivity contribution in [2.75, 3.05) is 6.67 Å². The molecule has 0 aliphatic carbocycles. The van der Waals surface area contributed by atoms with Gasteiger partial charge in [0, 0.05) is 0 Å². The van der Waals surface area contributed by atoms with Crippen molar-refractivity contribution in [1.29, 1.82) is 5.26 Å². The fourth-order valence-electron chi connectivity index (χ4n) is 3.10. The maximum Gasteiger partial charge on any atom is 0.298 e. The molecule has 0 radical (unpaired) electrons. The molecular formula is C16H17FN2O5S. The van der Waals surface area contributed by atoms with E-state index in [1.807, 2.05) is 0 Å². The van der Waals surface area contributed by atoms with E-state index in [-0.39, 0.29) is 25.0 Å². The molecule has 2 aliphatic rings. The molecule has 2 bridgehead atoms. The lowest BCUT2D eigenvalue weighted by molar-refractivity contribution is 0.00874. The van der Waals surface area contributed by atoms with Gasteiger partial charge in [0.15, 0.2) is 5.54 Å². The molecule has 0 saturated carbocycles. The van der Waals surface area contributed by atoms with E-state index >= 15 is 0 Å². The summed E-state index contributed by atoms with van der Waals surface area (Å²) in [4.78, 5) is 25.4. The van der Waals surface area contributed by atoms with Crippen molar-refractivity contribution in [2.45, 2.75) is 43.7 Å². The highest BCUT2D eigenvalue weighted by Crippen LogP contribution is 2.40. The minimum Gasteiger partial charge on any atom is -0.269 e. The average molecular weight is 368 g/mol. The van der Waals surface area contributed by atoms with Crippen molar-refractivity contribution >= 4 is 21.9 Å². The summed E-state index contributed by atoms with van der Waals surface area (Å²) in [6, 6.07) is 5.35. The highest BCUT2D eigenvalue weighted by Gasteiger charge is 2.58. The van der Waals surface area contributed by atoms with Gasteiger partial charge in [-0.05, 0) is 18.6 Å². The molecule has 0 fully saturated rings. The summed E-state index contributed by atoms with van der Waals surface area (Å²) < 4.78 is 44.1. The van der Waals surface area contributed by atoms with Gasteiger partial charge < -0.3 is 0 Å². The Balaban J connectivity index is 0.00000225. The third-order valence-electron chi connectivity index (χ3n) is 4.27. The van der Waals surface area contributed by atoms with E-state index in [2.05, 4.69) is 0 Å². The molecule has 2 amide bonds. The number of carbonyl (C=O) groups is 2. The number of hydrogen-bond donors (Lipinski definition) is 0. The van der Waals surface area contributed by atoms with Crippen molar-refractivity contribution < 1.29 is 26.6 Å². The summed E-state index contributed by atoms with van der Waals surface area (Å²) in [6.07, 6.45) is -1.14. The van der Waals surface area contributed by atoms with Crippen LogP contribution in [-0.2, 0) is 14.3 Å². The van der Waals surface area contributed by atoms with Crippen LogP contribution in [0.1, 0.15) is 47.9 Å². The van der Waals surface area contributed by atoms with E-state index in [1.165, 1.54) is 12.1 Å². The number of amides is 2. The largest absolute Gasteiger partial charge is 0.298 e. The zero-order chi connectivity index (χ0) is 17.7. The van der Waals surface area contributed by atoms with Crippen molar-refractivity contribution in [1.82, 2.24) is 4.90 Å². The lowest BCUT2D eigenvalue weighted by atomic mass is 9.90. The molecule has 2 aliphatic heterocycles.